The van der Waals surface area contributed by atoms with Gasteiger partial charge in [-0.3, -0.25) is 14.4 Å². The number of nitriles is 1. The van der Waals surface area contributed by atoms with Crippen molar-refractivity contribution in [3.05, 3.63) is 11.6 Å². The maximum Gasteiger partial charge on any atom is 0.405 e. The van der Waals surface area contributed by atoms with E-state index >= 15 is 0 Å². The van der Waals surface area contributed by atoms with E-state index < -0.39 is 46.2 Å². The highest BCUT2D eigenvalue weighted by Gasteiger charge is 2.83. The zero-order chi connectivity index (χ0) is 30.2. The molecule has 6 aliphatic carbocycles. The molecule has 0 aliphatic heterocycles. The van der Waals surface area contributed by atoms with Gasteiger partial charge in [-0.15, -0.1) is 0 Å². The Morgan fingerprint density at radius 2 is 1.63 bits per heavy atom. The molecule has 0 aromatic rings. The molecule has 6 aliphatic rings. The second-order valence-electron chi connectivity index (χ2n) is 16.3. The van der Waals surface area contributed by atoms with E-state index in [1.165, 1.54) is 0 Å². The third-order valence-electron chi connectivity index (χ3n) is 14.4. The van der Waals surface area contributed by atoms with Gasteiger partial charge in [0.05, 0.1) is 11.0 Å². The number of halogens is 3. The van der Waals surface area contributed by atoms with Gasteiger partial charge < -0.3 is 5.32 Å². The Morgan fingerprint density at radius 3 is 2.27 bits per heavy atom. The van der Waals surface area contributed by atoms with E-state index in [2.05, 4.69) is 46.0 Å². The Balaban J connectivity index is 1.43. The van der Waals surface area contributed by atoms with Gasteiger partial charge in [0.1, 0.15) is 18.4 Å². The van der Waals surface area contributed by atoms with Crippen molar-refractivity contribution in [2.75, 3.05) is 6.54 Å². The van der Waals surface area contributed by atoms with Gasteiger partial charge >= 0.3 is 6.18 Å². The minimum absolute atomic E-state index is 0.0565. The summed E-state index contributed by atoms with van der Waals surface area (Å²) in [7, 11) is 0. The van der Waals surface area contributed by atoms with Crippen molar-refractivity contribution in [3.8, 4) is 6.07 Å². The molecule has 0 heterocycles. The third kappa shape index (κ3) is 3.38. The smallest absolute Gasteiger partial charge is 0.346 e. The number of nitrogens with one attached hydrogen (secondary N) is 1. The summed E-state index contributed by atoms with van der Waals surface area (Å²) in [4.78, 5) is 41.5. The minimum atomic E-state index is -4.50. The van der Waals surface area contributed by atoms with Gasteiger partial charge in [0, 0.05) is 17.8 Å². The lowest BCUT2D eigenvalue weighted by Crippen LogP contribution is -2.69. The second kappa shape index (κ2) is 8.05. The van der Waals surface area contributed by atoms with Crippen molar-refractivity contribution in [1.82, 2.24) is 5.32 Å². The van der Waals surface area contributed by atoms with Crippen LogP contribution in [-0.4, -0.2) is 30.2 Å². The number of hydrogen-bond acceptors (Lipinski definition) is 4. The van der Waals surface area contributed by atoms with Crippen LogP contribution in [0.5, 0.6) is 0 Å². The normalized spacial score (nSPS) is 49.7. The quantitative estimate of drug-likeness (QED) is 0.398. The highest BCUT2D eigenvalue weighted by atomic mass is 19.4. The van der Waals surface area contributed by atoms with Crippen LogP contribution in [0.25, 0.3) is 0 Å². The molecular weight excluding hydrogens is 529 g/mol. The van der Waals surface area contributed by atoms with Gasteiger partial charge in [-0.25, -0.2) is 0 Å². The Hall–Kier alpha value is -2.17. The number of rotatable bonds is 2. The predicted molar refractivity (Wildman–Crippen MR) is 146 cm³/mol. The average Bonchev–Trinajstić information content (AvgIpc) is 3.52. The zero-order valence-corrected chi connectivity index (χ0v) is 25.2. The third-order valence-corrected chi connectivity index (χ3v) is 14.4. The number of hydrogen-bond donors (Lipinski definition) is 1. The van der Waals surface area contributed by atoms with E-state index in [1.807, 2.05) is 13.0 Å². The molecule has 0 aromatic carbocycles. The molecule has 224 valence electrons. The van der Waals surface area contributed by atoms with E-state index in [1.54, 1.807) is 0 Å². The molecule has 0 radical (unpaired) electrons. The summed E-state index contributed by atoms with van der Waals surface area (Å²) in [5, 5.41) is 12.1. The van der Waals surface area contributed by atoms with Crippen LogP contribution in [0.3, 0.4) is 0 Å². The molecule has 1 N–H and O–H groups in total. The first-order valence-electron chi connectivity index (χ1n) is 15.3. The highest BCUT2D eigenvalue weighted by Crippen LogP contribution is 2.86. The van der Waals surface area contributed by atoms with E-state index in [0.29, 0.717) is 32.1 Å². The van der Waals surface area contributed by atoms with E-state index in [4.69, 9.17) is 0 Å². The van der Waals surface area contributed by atoms with Gasteiger partial charge in [0.15, 0.2) is 5.78 Å². The first-order valence-corrected chi connectivity index (χ1v) is 15.3. The van der Waals surface area contributed by atoms with E-state index in [0.717, 1.165) is 25.7 Å². The number of allylic oxidation sites excluding steroid dienone is 2. The predicted octanol–water partition coefficient (Wildman–Crippen LogP) is 6.72. The van der Waals surface area contributed by atoms with Crippen molar-refractivity contribution < 1.29 is 27.6 Å². The minimum Gasteiger partial charge on any atom is -0.346 e. The van der Waals surface area contributed by atoms with E-state index in [9.17, 15) is 32.8 Å². The maximum absolute atomic E-state index is 14.5. The van der Waals surface area contributed by atoms with Crippen LogP contribution in [0.4, 0.5) is 13.2 Å². The Morgan fingerprint density at radius 1 is 1.00 bits per heavy atom. The molecule has 8 heteroatoms. The fourth-order valence-electron chi connectivity index (χ4n) is 11.8. The monoisotopic (exact) mass is 572 g/mol. The summed E-state index contributed by atoms with van der Waals surface area (Å²) < 4.78 is 39.5. The second-order valence-corrected chi connectivity index (χ2v) is 16.3. The van der Waals surface area contributed by atoms with E-state index in [-0.39, 0.29) is 45.2 Å². The summed E-state index contributed by atoms with van der Waals surface area (Å²) >= 11 is 0. The van der Waals surface area contributed by atoms with Crippen LogP contribution in [0, 0.1) is 67.0 Å². The van der Waals surface area contributed by atoms with Crippen molar-refractivity contribution in [1.29, 1.82) is 5.26 Å². The topological polar surface area (TPSA) is 87.0 Å². The molecule has 1 spiro atoms. The maximum atomic E-state index is 14.5. The summed E-state index contributed by atoms with van der Waals surface area (Å²) in [6.45, 7) is 11.6. The number of amides is 1. The Bertz CT molecular complexity index is 1330. The first-order chi connectivity index (χ1) is 18.8. The van der Waals surface area contributed by atoms with Crippen molar-refractivity contribution >= 4 is 17.5 Å². The molecule has 5 fully saturated rings. The fourth-order valence-corrected chi connectivity index (χ4v) is 11.8. The molecular formula is C33H43F3N2O3. The summed E-state index contributed by atoms with van der Waals surface area (Å²) in [5.41, 5.74) is -2.94. The first kappa shape index (κ1) is 28.9. The molecule has 5 nitrogen and oxygen atoms in total. The van der Waals surface area contributed by atoms with Gasteiger partial charge in [-0.2, -0.15) is 18.4 Å². The van der Waals surface area contributed by atoms with Gasteiger partial charge in [0.25, 0.3) is 0 Å². The van der Waals surface area contributed by atoms with Crippen LogP contribution in [0.1, 0.15) is 99.3 Å². The van der Waals surface area contributed by atoms with Gasteiger partial charge in [0.2, 0.25) is 5.91 Å². The summed E-state index contributed by atoms with van der Waals surface area (Å²) in [6, 6.07) is 2.16. The number of nitrogens with zero attached hydrogens (tertiary/aromatic N) is 1. The summed E-state index contributed by atoms with van der Waals surface area (Å²) in [5.74, 6) is -1.30. The molecule has 1 amide bonds. The standard InChI is InChI=1S/C33H43F3N2O3/c1-26(2)7-10-31(25(41)38-18-33(34,35)36)11-8-28(4)23(20(31)15-26)21(39)13-22-27(28,3)9-12-32-17-30(32,6)24(40)19(16-37)14-29(22,32)5/h14,20,22-23H,7-13,15,17-18H2,1-6H3,(H,38,41)/t20?,22-,23?,27+,28+,29+,30?,31-,32-/m0/s1. The van der Waals surface area contributed by atoms with Crippen molar-refractivity contribution in [3.63, 3.8) is 0 Å². The van der Waals surface area contributed by atoms with Crippen molar-refractivity contribution in [2.24, 2.45) is 55.7 Å². The fraction of sp³-hybridized carbons (Fsp3) is 0.818. The lowest BCUT2D eigenvalue weighted by atomic mass is 9.32. The largest absolute Gasteiger partial charge is 0.405 e. The number of Topliss-reactive ketones (excluding diaryl/α,β-unsaturated/α-hetero) is 2. The van der Waals surface area contributed by atoms with Gasteiger partial charge in [-0.05, 0) is 90.3 Å². The molecule has 0 aromatic heterocycles. The van der Waals surface area contributed by atoms with Crippen LogP contribution in [0.15, 0.2) is 11.6 Å². The number of fused-ring (bicyclic) bond motifs is 6. The van der Waals surface area contributed by atoms with Crippen LogP contribution >= 0.6 is 0 Å². The SMILES string of the molecule is CC1(C)CC[C@]2(C(=O)NCC(F)(F)F)CC[C@]3(C)C(C(=O)C[C@@H]4[C@@]5(C)C=C(C#N)C(=O)C6(C)C[C@]65CC[C@]43C)C2C1. The number of carbonyl (C=O) groups is 3. The number of ketones is 2. The number of carbonyl (C=O) groups excluding carboxylic acids is 3. The molecule has 41 heavy (non-hydrogen) atoms. The van der Waals surface area contributed by atoms with Crippen LogP contribution in [-0.2, 0) is 14.4 Å². The highest BCUT2D eigenvalue weighted by molar-refractivity contribution is 6.07. The molecule has 0 saturated heterocycles. The molecule has 6 rings (SSSR count). The van der Waals surface area contributed by atoms with Crippen molar-refractivity contribution in [2.45, 2.75) is 106 Å². The Labute approximate surface area is 241 Å². The number of alkyl halides is 3. The Kier molecular flexibility index (Phi) is 5.68. The zero-order valence-electron chi connectivity index (χ0n) is 25.2. The summed E-state index contributed by atoms with van der Waals surface area (Å²) in [6.07, 6.45) is 3.08. The molecule has 5 saturated carbocycles. The van der Waals surface area contributed by atoms with Gasteiger partial charge in [-0.1, -0.05) is 47.6 Å². The molecule has 0 bridgehead atoms. The molecule has 3 unspecified atom stereocenters. The van der Waals surface area contributed by atoms with Crippen LogP contribution in [0.2, 0.25) is 0 Å². The van der Waals surface area contributed by atoms with Crippen LogP contribution < -0.4 is 5.32 Å². The lowest BCUT2D eigenvalue weighted by Gasteiger charge is -2.71. The molecule has 9 atom stereocenters. The lowest BCUT2D eigenvalue weighted by molar-refractivity contribution is -0.221. The average molecular weight is 573 g/mol.